The van der Waals surface area contributed by atoms with Gasteiger partial charge in [0.25, 0.3) is 0 Å². The van der Waals surface area contributed by atoms with Crippen molar-refractivity contribution in [1.29, 1.82) is 0 Å². The van der Waals surface area contributed by atoms with Crippen molar-refractivity contribution in [3.05, 3.63) is 11.4 Å². The summed E-state index contributed by atoms with van der Waals surface area (Å²) in [4.78, 5) is 10.7. The number of rotatable bonds is 3. The van der Waals surface area contributed by atoms with Crippen LogP contribution in [0.25, 0.3) is 0 Å². The Morgan fingerprint density at radius 3 is 2.78 bits per heavy atom. The van der Waals surface area contributed by atoms with Gasteiger partial charge in [0.05, 0.1) is 12.6 Å². The van der Waals surface area contributed by atoms with Gasteiger partial charge in [0.2, 0.25) is 5.69 Å². The normalized spacial score (nSPS) is 20.3. The lowest BCUT2D eigenvalue weighted by Crippen LogP contribution is -2.23. The highest BCUT2D eigenvalue weighted by Gasteiger charge is 2.42. The molecule has 1 aromatic rings. The molecular formula is C9H10F3N3O3. The van der Waals surface area contributed by atoms with Gasteiger partial charge in [-0.25, -0.2) is 9.48 Å². The Balaban J connectivity index is 2.32. The van der Waals surface area contributed by atoms with E-state index in [0.29, 0.717) is 17.7 Å². The van der Waals surface area contributed by atoms with E-state index in [0.717, 1.165) is 6.42 Å². The van der Waals surface area contributed by atoms with Crippen molar-refractivity contribution in [1.82, 2.24) is 15.0 Å². The number of hydrogen-bond donors (Lipinski definition) is 1. The number of carboxylic acid groups (broad SMARTS) is 1. The molecule has 0 bridgehead atoms. The molecule has 2 heterocycles. The van der Waals surface area contributed by atoms with Crippen molar-refractivity contribution in [2.24, 2.45) is 0 Å². The third-order valence-corrected chi connectivity index (χ3v) is 2.61. The Morgan fingerprint density at radius 1 is 1.56 bits per heavy atom. The van der Waals surface area contributed by atoms with E-state index in [1.54, 1.807) is 0 Å². The molecule has 1 unspecified atom stereocenters. The van der Waals surface area contributed by atoms with Crippen LogP contribution in [0.4, 0.5) is 13.2 Å². The predicted octanol–water partition coefficient (Wildman–Crippen LogP) is 1.17. The zero-order valence-electron chi connectivity index (χ0n) is 9.15. The van der Waals surface area contributed by atoms with Gasteiger partial charge in [-0.05, 0) is 12.8 Å². The molecule has 9 heteroatoms. The fourth-order valence-corrected chi connectivity index (χ4v) is 1.85. The first-order chi connectivity index (χ1) is 8.39. The van der Waals surface area contributed by atoms with Gasteiger partial charge in [-0.2, -0.15) is 13.2 Å². The first kappa shape index (κ1) is 12.8. The lowest BCUT2D eigenvalue weighted by atomic mass is 10.2. The lowest BCUT2D eigenvalue weighted by Gasteiger charge is -2.13. The van der Waals surface area contributed by atoms with Crippen molar-refractivity contribution in [3.8, 4) is 0 Å². The van der Waals surface area contributed by atoms with Gasteiger partial charge >= 0.3 is 12.1 Å². The van der Waals surface area contributed by atoms with Crippen LogP contribution in [0.5, 0.6) is 0 Å². The summed E-state index contributed by atoms with van der Waals surface area (Å²) in [6.07, 6.45) is -3.79. The number of nitrogens with zero attached hydrogens (tertiary/aromatic N) is 3. The third kappa shape index (κ3) is 2.45. The minimum Gasteiger partial charge on any atom is -0.476 e. The predicted molar refractivity (Wildman–Crippen MR) is 51.0 cm³/mol. The zero-order chi connectivity index (χ0) is 13.3. The number of alkyl halides is 3. The molecule has 0 amide bonds. The molecule has 6 nitrogen and oxygen atoms in total. The van der Waals surface area contributed by atoms with Gasteiger partial charge in [0, 0.05) is 6.61 Å². The topological polar surface area (TPSA) is 77.2 Å². The van der Waals surface area contributed by atoms with Crippen molar-refractivity contribution in [3.63, 3.8) is 0 Å². The maximum atomic E-state index is 12.8. The lowest BCUT2D eigenvalue weighted by molar-refractivity contribution is -0.145. The summed E-state index contributed by atoms with van der Waals surface area (Å²) in [5.41, 5.74) is -2.43. The SMILES string of the molecule is O=C(O)c1nnn(CC2CCCO2)c1C(F)(F)F. The van der Waals surface area contributed by atoms with Crippen LogP contribution >= 0.6 is 0 Å². The largest absolute Gasteiger partial charge is 0.476 e. The Hall–Kier alpha value is -1.64. The molecule has 0 aliphatic carbocycles. The van der Waals surface area contributed by atoms with Gasteiger partial charge in [0.1, 0.15) is 0 Å². The van der Waals surface area contributed by atoms with Crippen molar-refractivity contribution < 1.29 is 27.8 Å². The van der Waals surface area contributed by atoms with E-state index in [9.17, 15) is 18.0 Å². The summed E-state index contributed by atoms with van der Waals surface area (Å²) in [5, 5.41) is 15.0. The highest BCUT2D eigenvalue weighted by atomic mass is 19.4. The molecule has 1 N–H and O–H groups in total. The van der Waals surface area contributed by atoms with Crippen LogP contribution in [0.1, 0.15) is 29.0 Å². The fraction of sp³-hybridized carbons (Fsp3) is 0.667. The van der Waals surface area contributed by atoms with Crippen molar-refractivity contribution in [2.75, 3.05) is 6.61 Å². The monoisotopic (exact) mass is 265 g/mol. The smallest absolute Gasteiger partial charge is 0.435 e. The molecule has 0 aromatic carbocycles. The summed E-state index contributed by atoms with van der Waals surface area (Å²) in [7, 11) is 0. The maximum absolute atomic E-state index is 12.8. The van der Waals surface area contributed by atoms with E-state index in [4.69, 9.17) is 9.84 Å². The second-order valence-electron chi connectivity index (χ2n) is 3.91. The van der Waals surface area contributed by atoms with Gasteiger partial charge in [0.15, 0.2) is 5.69 Å². The van der Waals surface area contributed by atoms with E-state index in [-0.39, 0.29) is 12.6 Å². The number of aromatic carboxylic acids is 1. The van der Waals surface area contributed by atoms with Crippen molar-refractivity contribution >= 4 is 5.97 Å². The molecular weight excluding hydrogens is 255 g/mol. The Morgan fingerprint density at radius 2 is 2.28 bits per heavy atom. The van der Waals surface area contributed by atoms with Crippen LogP contribution in [0.15, 0.2) is 0 Å². The number of ether oxygens (including phenoxy) is 1. The highest BCUT2D eigenvalue weighted by Crippen LogP contribution is 2.31. The van der Waals surface area contributed by atoms with Gasteiger partial charge in [-0.1, -0.05) is 5.21 Å². The minimum atomic E-state index is -4.81. The standard InChI is InChI=1S/C9H10F3N3O3/c10-9(11,12)7-6(8(16)17)13-14-15(7)4-5-2-1-3-18-5/h5H,1-4H2,(H,16,17). The molecule has 1 atom stereocenters. The Labute approximate surface area is 99.3 Å². The molecule has 0 spiro atoms. The zero-order valence-corrected chi connectivity index (χ0v) is 9.15. The highest BCUT2D eigenvalue weighted by molar-refractivity contribution is 5.86. The molecule has 18 heavy (non-hydrogen) atoms. The van der Waals surface area contributed by atoms with Crippen LogP contribution in [0.2, 0.25) is 0 Å². The minimum absolute atomic E-state index is 0.144. The van der Waals surface area contributed by atoms with E-state index in [2.05, 4.69) is 10.3 Å². The molecule has 100 valence electrons. The summed E-state index contributed by atoms with van der Waals surface area (Å²) in [6, 6.07) is 0. The van der Waals surface area contributed by atoms with E-state index < -0.39 is 23.5 Å². The van der Waals surface area contributed by atoms with Crippen LogP contribution in [-0.2, 0) is 17.5 Å². The van der Waals surface area contributed by atoms with Crippen LogP contribution < -0.4 is 0 Å². The average molecular weight is 265 g/mol. The molecule has 1 aliphatic heterocycles. The Kier molecular flexibility index (Phi) is 3.24. The third-order valence-electron chi connectivity index (χ3n) is 2.61. The number of carboxylic acids is 1. The fourth-order valence-electron chi connectivity index (χ4n) is 1.85. The first-order valence-corrected chi connectivity index (χ1v) is 5.25. The summed E-state index contributed by atoms with van der Waals surface area (Å²) in [6.45, 7) is 0.349. The second kappa shape index (κ2) is 4.56. The van der Waals surface area contributed by atoms with E-state index in [1.165, 1.54) is 0 Å². The van der Waals surface area contributed by atoms with Gasteiger partial charge in [-0.15, -0.1) is 5.10 Å². The van der Waals surface area contributed by atoms with Crippen LogP contribution in [0, 0.1) is 0 Å². The van der Waals surface area contributed by atoms with E-state index in [1.807, 2.05) is 0 Å². The Bertz CT molecular complexity index is 452. The van der Waals surface area contributed by atoms with Gasteiger partial charge in [-0.3, -0.25) is 0 Å². The quantitative estimate of drug-likeness (QED) is 0.887. The maximum Gasteiger partial charge on any atom is 0.435 e. The van der Waals surface area contributed by atoms with Crippen LogP contribution in [-0.4, -0.2) is 38.8 Å². The molecule has 0 saturated carbocycles. The molecule has 0 radical (unpaired) electrons. The molecule has 1 aromatic heterocycles. The van der Waals surface area contributed by atoms with Crippen LogP contribution in [0.3, 0.4) is 0 Å². The molecule has 1 fully saturated rings. The van der Waals surface area contributed by atoms with E-state index >= 15 is 0 Å². The number of hydrogen-bond acceptors (Lipinski definition) is 4. The average Bonchev–Trinajstić information content (AvgIpc) is 2.85. The second-order valence-corrected chi connectivity index (χ2v) is 3.91. The summed E-state index contributed by atoms with van der Waals surface area (Å²) >= 11 is 0. The summed E-state index contributed by atoms with van der Waals surface area (Å²) < 4.78 is 44.1. The molecule has 1 aliphatic rings. The molecule has 2 rings (SSSR count). The number of halogens is 3. The summed E-state index contributed by atoms with van der Waals surface area (Å²) in [5.74, 6) is -1.75. The number of carbonyl (C=O) groups is 1. The number of aromatic nitrogens is 3. The van der Waals surface area contributed by atoms with Gasteiger partial charge < -0.3 is 9.84 Å². The van der Waals surface area contributed by atoms with Crippen molar-refractivity contribution in [2.45, 2.75) is 31.7 Å². The molecule has 1 saturated heterocycles. The first-order valence-electron chi connectivity index (χ1n) is 5.25.